The number of esters is 1. The Hall–Kier alpha value is -1.82. The number of nitrogens with zero attached hydrogens (tertiary/aromatic N) is 2. The summed E-state index contributed by atoms with van der Waals surface area (Å²) in [5, 5.41) is 6.69. The number of nitrogens with one attached hydrogen (secondary N) is 2. The van der Waals surface area contributed by atoms with Crippen molar-refractivity contribution in [2.24, 2.45) is 0 Å². The molecule has 2 N–H and O–H groups in total. The molecule has 1 aliphatic heterocycles. The van der Waals surface area contributed by atoms with E-state index in [4.69, 9.17) is 0 Å². The molecular formula is C17H30N4O2. The van der Waals surface area contributed by atoms with Gasteiger partial charge in [-0.3, -0.25) is 4.79 Å². The second-order valence-electron chi connectivity index (χ2n) is 5.20. The minimum Gasteiger partial charge on any atom is -0.466 e. The summed E-state index contributed by atoms with van der Waals surface area (Å²) in [7, 11) is 0. The summed E-state index contributed by atoms with van der Waals surface area (Å²) >= 11 is 0. The first-order chi connectivity index (χ1) is 11.2. The van der Waals surface area contributed by atoms with E-state index in [1.165, 1.54) is 0 Å². The maximum atomic E-state index is 10.4. The van der Waals surface area contributed by atoms with Gasteiger partial charge in [0.1, 0.15) is 0 Å². The topological polar surface area (TPSA) is 66.5 Å². The minimum absolute atomic E-state index is 0.0880. The SMILES string of the molecule is CCCC(=O)OCC.CCNc1cccnc1N1CCNCC1. The molecule has 0 aliphatic carbocycles. The molecule has 2 heterocycles. The summed E-state index contributed by atoms with van der Waals surface area (Å²) in [6.07, 6.45) is 3.28. The van der Waals surface area contributed by atoms with Crippen LogP contribution in [0.3, 0.4) is 0 Å². The number of carbonyl (C=O) groups excluding carboxylic acids is 1. The first kappa shape index (κ1) is 19.2. The highest BCUT2D eigenvalue weighted by molar-refractivity contribution is 5.69. The van der Waals surface area contributed by atoms with Crippen LogP contribution in [0.5, 0.6) is 0 Å². The second kappa shape index (κ2) is 11.7. The van der Waals surface area contributed by atoms with Crippen LogP contribution in [0.2, 0.25) is 0 Å². The van der Waals surface area contributed by atoms with Crippen molar-refractivity contribution >= 4 is 17.5 Å². The Morgan fingerprint density at radius 2 is 2.09 bits per heavy atom. The smallest absolute Gasteiger partial charge is 0.305 e. The minimum atomic E-state index is -0.0880. The number of piperazine rings is 1. The van der Waals surface area contributed by atoms with Gasteiger partial charge in [-0.05, 0) is 32.4 Å². The normalized spacial score (nSPS) is 13.8. The third kappa shape index (κ3) is 7.32. The second-order valence-corrected chi connectivity index (χ2v) is 5.20. The lowest BCUT2D eigenvalue weighted by Gasteiger charge is -2.29. The Balaban J connectivity index is 0.000000284. The van der Waals surface area contributed by atoms with E-state index < -0.39 is 0 Å². The van der Waals surface area contributed by atoms with E-state index in [0.717, 1.165) is 50.6 Å². The Kier molecular flexibility index (Phi) is 9.79. The van der Waals surface area contributed by atoms with Crippen molar-refractivity contribution in [3.63, 3.8) is 0 Å². The van der Waals surface area contributed by atoms with E-state index in [1.54, 1.807) is 0 Å². The first-order valence-electron chi connectivity index (χ1n) is 8.53. The molecule has 6 heteroatoms. The van der Waals surface area contributed by atoms with Gasteiger partial charge in [0, 0.05) is 45.3 Å². The molecule has 130 valence electrons. The van der Waals surface area contributed by atoms with Crippen LogP contribution in [0, 0.1) is 0 Å². The van der Waals surface area contributed by atoms with Crippen LogP contribution >= 0.6 is 0 Å². The third-order valence-electron chi connectivity index (χ3n) is 3.33. The highest BCUT2D eigenvalue weighted by Gasteiger charge is 2.14. The number of rotatable bonds is 6. The van der Waals surface area contributed by atoms with E-state index >= 15 is 0 Å². The van der Waals surface area contributed by atoms with Gasteiger partial charge < -0.3 is 20.3 Å². The molecule has 0 amide bonds. The molecule has 23 heavy (non-hydrogen) atoms. The Bertz CT molecular complexity index is 440. The molecule has 1 fully saturated rings. The number of carbonyl (C=O) groups is 1. The highest BCUT2D eigenvalue weighted by atomic mass is 16.5. The van der Waals surface area contributed by atoms with Gasteiger partial charge in [-0.15, -0.1) is 0 Å². The van der Waals surface area contributed by atoms with Gasteiger partial charge in [0.15, 0.2) is 5.82 Å². The van der Waals surface area contributed by atoms with Gasteiger partial charge in [0.2, 0.25) is 0 Å². The summed E-state index contributed by atoms with van der Waals surface area (Å²) in [4.78, 5) is 17.2. The zero-order valence-corrected chi connectivity index (χ0v) is 14.6. The molecule has 1 aromatic heterocycles. The molecule has 0 radical (unpaired) electrons. The Morgan fingerprint density at radius 3 is 2.70 bits per heavy atom. The molecule has 0 unspecified atom stereocenters. The molecule has 0 aromatic carbocycles. The zero-order valence-electron chi connectivity index (χ0n) is 14.6. The molecule has 1 aromatic rings. The van der Waals surface area contributed by atoms with E-state index in [0.29, 0.717) is 13.0 Å². The number of anilines is 2. The molecular weight excluding hydrogens is 292 g/mol. The summed E-state index contributed by atoms with van der Waals surface area (Å²) < 4.78 is 4.64. The Labute approximate surface area is 139 Å². The van der Waals surface area contributed by atoms with Gasteiger partial charge in [-0.25, -0.2) is 4.98 Å². The van der Waals surface area contributed by atoms with Crippen LogP contribution in [0.25, 0.3) is 0 Å². The van der Waals surface area contributed by atoms with Crippen molar-refractivity contribution in [3.8, 4) is 0 Å². The quantitative estimate of drug-likeness (QED) is 0.783. The van der Waals surface area contributed by atoms with Crippen molar-refractivity contribution in [2.75, 3.05) is 49.5 Å². The molecule has 0 atom stereocenters. The predicted molar refractivity (Wildman–Crippen MR) is 95.0 cm³/mol. The largest absolute Gasteiger partial charge is 0.466 e. The fourth-order valence-electron chi connectivity index (χ4n) is 2.29. The summed E-state index contributed by atoms with van der Waals surface area (Å²) in [6.45, 7) is 11.5. The van der Waals surface area contributed by atoms with E-state index in [1.807, 2.05) is 26.1 Å². The lowest BCUT2D eigenvalue weighted by molar-refractivity contribution is -0.143. The summed E-state index contributed by atoms with van der Waals surface area (Å²) in [5.74, 6) is 0.996. The molecule has 1 aliphatic rings. The molecule has 0 spiro atoms. The zero-order chi connectivity index (χ0) is 16.9. The number of ether oxygens (including phenoxy) is 1. The number of hydrogen-bond acceptors (Lipinski definition) is 6. The van der Waals surface area contributed by atoms with Gasteiger partial charge >= 0.3 is 5.97 Å². The lowest BCUT2D eigenvalue weighted by atomic mass is 10.3. The van der Waals surface area contributed by atoms with Crippen LogP contribution in [-0.4, -0.2) is 50.3 Å². The molecule has 0 saturated carbocycles. The van der Waals surface area contributed by atoms with Crippen LogP contribution in [0.15, 0.2) is 18.3 Å². The van der Waals surface area contributed by atoms with Gasteiger partial charge in [0.05, 0.1) is 12.3 Å². The molecule has 6 nitrogen and oxygen atoms in total. The predicted octanol–water partition coefficient (Wildman–Crippen LogP) is 2.27. The number of pyridine rings is 1. The maximum absolute atomic E-state index is 10.4. The Morgan fingerprint density at radius 1 is 1.35 bits per heavy atom. The fourth-order valence-corrected chi connectivity index (χ4v) is 2.29. The highest BCUT2D eigenvalue weighted by Crippen LogP contribution is 2.22. The van der Waals surface area contributed by atoms with Crippen LogP contribution < -0.4 is 15.5 Å². The van der Waals surface area contributed by atoms with E-state index in [9.17, 15) is 4.79 Å². The third-order valence-corrected chi connectivity index (χ3v) is 3.33. The fraction of sp³-hybridized carbons (Fsp3) is 0.647. The van der Waals surface area contributed by atoms with Crippen LogP contribution in [-0.2, 0) is 9.53 Å². The maximum Gasteiger partial charge on any atom is 0.305 e. The van der Waals surface area contributed by atoms with Crippen LogP contribution in [0.1, 0.15) is 33.6 Å². The van der Waals surface area contributed by atoms with Crippen LogP contribution in [0.4, 0.5) is 11.5 Å². The average Bonchev–Trinajstić information content (AvgIpc) is 2.58. The summed E-state index contributed by atoms with van der Waals surface area (Å²) in [5.41, 5.74) is 1.14. The standard InChI is InChI=1S/C11H18N4.C6H12O2/c1-2-13-10-4-3-5-14-11(10)15-8-6-12-7-9-15;1-3-5-6(7)8-4-2/h3-5,12-13H,2,6-9H2,1H3;3-5H2,1-2H3. The summed E-state index contributed by atoms with van der Waals surface area (Å²) in [6, 6.07) is 4.07. The molecule has 2 rings (SSSR count). The number of aromatic nitrogens is 1. The van der Waals surface area contributed by atoms with Crippen molar-refractivity contribution in [1.29, 1.82) is 0 Å². The van der Waals surface area contributed by atoms with E-state index in [2.05, 4.69) is 38.2 Å². The van der Waals surface area contributed by atoms with Gasteiger partial charge in [-0.2, -0.15) is 0 Å². The molecule has 1 saturated heterocycles. The van der Waals surface area contributed by atoms with Gasteiger partial charge in [-0.1, -0.05) is 6.92 Å². The first-order valence-corrected chi connectivity index (χ1v) is 8.53. The lowest BCUT2D eigenvalue weighted by Crippen LogP contribution is -2.44. The van der Waals surface area contributed by atoms with E-state index in [-0.39, 0.29) is 5.97 Å². The average molecular weight is 322 g/mol. The molecule has 0 bridgehead atoms. The monoisotopic (exact) mass is 322 g/mol. The van der Waals surface area contributed by atoms with Crippen molar-refractivity contribution in [3.05, 3.63) is 18.3 Å². The van der Waals surface area contributed by atoms with Gasteiger partial charge in [0.25, 0.3) is 0 Å². The van der Waals surface area contributed by atoms with Crippen molar-refractivity contribution < 1.29 is 9.53 Å². The van der Waals surface area contributed by atoms with Crippen molar-refractivity contribution in [2.45, 2.75) is 33.6 Å². The van der Waals surface area contributed by atoms with Crippen molar-refractivity contribution in [1.82, 2.24) is 10.3 Å². The number of hydrogen-bond donors (Lipinski definition) is 2.